The van der Waals surface area contributed by atoms with Crippen molar-refractivity contribution in [2.75, 3.05) is 19.5 Å². The van der Waals surface area contributed by atoms with E-state index in [-0.39, 0.29) is 11.4 Å². The Kier molecular flexibility index (Phi) is 4.71. The first-order valence-electron chi connectivity index (χ1n) is 6.17. The zero-order valence-electron chi connectivity index (χ0n) is 11.7. The van der Waals surface area contributed by atoms with Crippen molar-refractivity contribution in [1.82, 2.24) is 14.7 Å². The maximum absolute atomic E-state index is 12.1. The molecule has 0 fully saturated rings. The number of ether oxygens (including phenoxy) is 1. The molecule has 0 spiro atoms. The molecule has 112 valence electrons. The number of nitrogens with zero attached hydrogens (tertiary/aromatic N) is 2. The van der Waals surface area contributed by atoms with Crippen LogP contribution in [0.2, 0.25) is 0 Å². The Hall–Kier alpha value is -2.19. The van der Waals surface area contributed by atoms with Gasteiger partial charge in [0.1, 0.15) is 10.6 Å². The van der Waals surface area contributed by atoms with Crippen molar-refractivity contribution in [2.45, 2.75) is 11.4 Å². The van der Waals surface area contributed by atoms with E-state index in [9.17, 15) is 8.42 Å². The smallest absolute Gasteiger partial charge is 0.243 e. The number of methoxy groups -OCH3 is 1. The van der Waals surface area contributed by atoms with E-state index in [0.29, 0.717) is 11.7 Å². The summed E-state index contributed by atoms with van der Waals surface area (Å²) in [6.07, 6.45) is 2.51. The van der Waals surface area contributed by atoms with E-state index in [1.54, 1.807) is 32.4 Å². The lowest BCUT2D eigenvalue weighted by Crippen LogP contribution is -2.23. The van der Waals surface area contributed by atoms with E-state index >= 15 is 0 Å². The molecule has 1 heterocycles. The van der Waals surface area contributed by atoms with Crippen molar-refractivity contribution in [2.24, 2.45) is 0 Å². The second-order valence-corrected chi connectivity index (χ2v) is 5.94. The standard InChI is InChI=1S/C13H16N4O3S/c1-14-13-15-8-12(9-16-13)21(18,19)17-7-10-4-3-5-11(6-10)20-2/h3-6,8-9,17H,7H2,1-2H3,(H,14,15,16). The molecule has 0 saturated heterocycles. The van der Waals surface area contributed by atoms with Crippen molar-refractivity contribution in [3.05, 3.63) is 42.2 Å². The molecule has 0 unspecified atom stereocenters. The molecule has 1 aromatic heterocycles. The fourth-order valence-electron chi connectivity index (χ4n) is 1.63. The van der Waals surface area contributed by atoms with Crippen LogP contribution >= 0.6 is 0 Å². The highest BCUT2D eigenvalue weighted by Crippen LogP contribution is 2.13. The second kappa shape index (κ2) is 6.51. The summed E-state index contributed by atoms with van der Waals surface area (Å²) in [6, 6.07) is 7.17. The molecule has 8 heteroatoms. The zero-order valence-corrected chi connectivity index (χ0v) is 12.5. The Bertz CT molecular complexity index is 702. The lowest BCUT2D eigenvalue weighted by Gasteiger charge is -2.08. The highest BCUT2D eigenvalue weighted by atomic mass is 32.2. The van der Waals surface area contributed by atoms with Crippen molar-refractivity contribution < 1.29 is 13.2 Å². The van der Waals surface area contributed by atoms with Gasteiger partial charge in [-0.05, 0) is 17.7 Å². The Labute approximate surface area is 123 Å². The Balaban J connectivity index is 2.09. The molecule has 0 aliphatic rings. The van der Waals surface area contributed by atoms with Gasteiger partial charge in [0.05, 0.1) is 19.5 Å². The molecule has 0 aliphatic carbocycles. The number of nitrogens with one attached hydrogen (secondary N) is 2. The van der Waals surface area contributed by atoms with Crippen molar-refractivity contribution in [3.63, 3.8) is 0 Å². The van der Waals surface area contributed by atoms with Crippen molar-refractivity contribution >= 4 is 16.0 Å². The minimum atomic E-state index is -3.65. The van der Waals surface area contributed by atoms with Crippen LogP contribution in [0, 0.1) is 0 Å². The third kappa shape index (κ3) is 3.89. The van der Waals surface area contributed by atoms with E-state index in [4.69, 9.17) is 4.74 Å². The summed E-state index contributed by atoms with van der Waals surface area (Å²) in [5.41, 5.74) is 0.797. The Morgan fingerprint density at radius 3 is 2.57 bits per heavy atom. The minimum Gasteiger partial charge on any atom is -0.497 e. The average molecular weight is 308 g/mol. The quantitative estimate of drug-likeness (QED) is 0.827. The van der Waals surface area contributed by atoms with Crippen LogP contribution in [-0.4, -0.2) is 32.5 Å². The zero-order chi connectivity index (χ0) is 15.3. The van der Waals surface area contributed by atoms with Crippen LogP contribution in [0.1, 0.15) is 5.56 Å². The van der Waals surface area contributed by atoms with Gasteiger partial charge in [-0.15, -0.1) is 0 Å². The van der Waals surface area contributed by atoms with E-state index in [1.165, 1.54) is 12.4 Å². The molecular formula is C13H16N4O3S. The molecule has 0 amide bonds. The first kappa shape index (κ1) is 15.2. The van der Waals surface area contributed by atoms with Gasteiger partial charge in [-0.3, -0.25) is 0 Å². The SMILES string of the molecule is CNc1ncc(S(=O)(=O)NCc2cccc(OC)c2)cn1. The predicted molar refractivity (Wildman–Crippen MR) is 78.6 cm³/mol. The first-order chi connectivity index (χ1) is 10.0. The molecule has 2 aromatic rings. The minimum absolute atomic E-state index is 0.0180. The van der Waals surface area contributed by atoms with Gasteiger partial charge in [-0.25, -0.2) is 23.1 Å². The molecule has 0 aliphatic heterocycles. The fourth-order valence-corrected chi connectivity index (χ4v) is 2.53. The fraction of sp³-hybridized carbons (Fsp3) is 0.231. The summed E-state index contributed by atoms with van der Waals surface area (Å²) in [4.78, 5) is 7.79. The summed E-state index contributed by atoms with van der Waals surface area (Å²) >= 11 is 0. The molecule has 2 N–H and O–H groups in total. The lowest BCUT2D eigenvalue weighted by molar-refractivity contribution is 0.414. The summed E-state index contributed by atoms with van der Waals surface area (Å²) in [7, 11) is -0.430. The number of hydrogen-bond donors (Lipinski definition) is 2. The molecule has 21 heavy (non-hydrogen) atoms. The molecule has 0 atom stereocenters. The molecule has 0 radical (unpaired) electrons. The number of benzene rings is 1. The van der Waals surface area contributed by atoms with Gasteiger partial charge in [0, 0.05) is 13.6 Å². The number of hydrogen-bond acceptors (Lipinski definition) is 6. The lowest BCUT2D eigenvalue weighted by atomic mass is 10.2. The molecular weight excluding hydrogens is 292 g/mol. The summed E-state index contributed by atoms with van der Waals surface area (Å²) in [5.74, 6) is 1.04. The van der Waals surface area contributed by atoms with E-state index in [1.807, 2.05) is 6.07 Å². The normalized spacial score (nSPS) is 11.1. The topological polar surface area (TPSA) is 93.2 Å². The number of anilines is 1. The molecule has 0 saturated carbocycles. The van der Waals surface area contributed by atoms with Crippen LogP contribution in [-0.2, 0) is 16.6 Å². The van der Waals surface area contributed by atoms with Crippen molar-refractivity contribution in [1.29, 1.82) is 0 Å². The van der Waals surface area contributed by atoms with Crippen LogP contribution in [0.15, 0.2) is 41.6 Å². The maximum Gasteiger partial charge on any atom is 0.243 e. The van der Waals surface area contributed by atoms with E-state index < -0.39 is 10.0 Å². The molecule has 2 rings (SSSR count). The van der Waals surface area contributed by atoms with Crippen LogP contribution in [0.5, 0.6) is 5.75 Å². The van der Waals surface area contributed by atoms with Crippen LogP contribution in [0.3, 0.4) is 0 Å². The van der Waals surface area contributed by atoms with Crippen LogP contribution < -0.4 is 14.8 Å². The van der Waals surface area contributed by atoms with Crippen LogP contribution in [0.4, 0.5) is 5.95 Å². The van der Waals surface area contributed by atoms with Gasteiger partial charge in [0.25, 0.3) is 0 Å². The molecule has 0 bridgehead atoms. The number of aromatic nitrogens is 2. The van der Waals surface area contributed by atoms with E-state index in [2.05, 4.69) is 20.0 Å². The molecule has 1 aromatic carbocycles. The van der Waals surface area contributed by atoms with Crippen molar-refractivity contribution in [3.8, 4) is 5.75 Å². The molecule has 7 nitrogen and oxygen atoms in total. The monoisotopic (exact) mass is 308 g/mol. The average Bonchev–Trinajstić information content (AvgIpc) is 2.53. The van der Waals surface area contributed by atoms with Gasteiger partial charge < -0.3 is 10.1 Å². The number of sulfonamides is 1. The largest absolute Gasteiger partial charge is 0.497 e. The highest BCUT2D eigenvalue weighted by Gasteiger charge is 2.15. The maximum atomic E-state index is 12.1. The third-order valence-electron chi connectivity index (χ3n) is 2.76. The van der Waals surface area contributed by atoms with Gasteiger partial charge in [0.2, 0.25) is 16.0 Å². The second-order valence-electron chi connectivity index (χ2n) is 4.17. The van der Waals surface area contributed by atoms with E-state index in [0.717, 1.165) is 5.56 Å². The predicted octanol–water partition coefficient (Wildman–Crippen LogP) is 1.01. The van der Waals surface area contributed by atoms with Gasteiger partial charge in [-0.2, -0.15) is 0 Å². The summed E-state index contributed by atoms with van der Waals surface area (Å²) in [5, 5.41) is 2.72. The Morgan fingerprint density at radius 2 is 1.95 bits per heavy atom. The van der Waals surface area contributed by atoms with Gasteiger partial charge in [0.15, 0.2) is 0 Å². The van der Waals surface area contributed by atoms with Gasteiger partial charge >= 0.3 is 0 Å². The first-order valence-corrected chi connectivity index (χ1v) is 7.66. The highest BCUT2D eigenvalue weighted by molar-refractivity contribution is 7.89. The van der Waals surface area contributed by atoms with Crippen LogP contribution in [0.25, 0.3) is 0 Å². The summed E-state index contributed by atoms with van der Waals surface area (Å²) in [6.45, 7) is 0.160. The van der Waals surface area contributed by atoms with Gasteiger partial charge in [-0.1, -0.05) is 12.1 Å². The Morgan fingerprint density at radius 1 is 1.24 bits per heavy atom. The third-order valence-corrected chi connectivity index (χ3v) is 4.12. The number of rotatable bonds is 6. The summed E-state index contributed by atoms with van der Waals surface area (Å²) < 4.78 is 31.8.